The lowest BCUT2D eigenvalue weighted by atomic mass is 10.2. The molecule has 0 fully saturated rings. The smallest absolute Gasteiger partial charge is 0.138 e. The number of rotatable bonds is 4. The Morgan fingerprint density at radius 3 is 2.70 bits per heavy atom. The fraction of sp³-hybridized carbons (Fsp3) is 0.0714. The number of benzene rings is 2. The molecule has 3 nitrogen and oxygen atoms in total. The van der Waals surface area contributed by atoms with Crippen LogP contribution in [0.1, 0.15) is 11.1 Å². The first-order valence-electron chi connectivity index (χ1n) is 5.68. The maximum atomic E-state index is 13.6. The van der Waals surface area contributed by atoms with Gasteiger partial charge in [0, 0.05) is 15.6 Å². The van der Waals surface area contributed by atoms with Gasteiger partial charge in [0.15, 0.2) is 0 Å². The third-order valence-corrected chi connectivity index (χ3v) is 3.42. The predicted molar refractivity (Wildman–Crippen MR) is 80.9 cm³/mol. The van der Waals surface area contributed by atoms with Crippen molar-refractivity contribution in [2.24, 2.45) is 5.73 Å². The second-order valence-electron chi connectivity index (χ2n) is 4.08. The highest BCUT2D eigenvalue weighted by Crippen LogP contribution is 2.27. The number of amidine groups is 1. The lowest BCUT2D eigenvalue weighted by molar-refractivity contribution is 0.300. The summed E-state index contributed by atoms with van der Waals surface area (Å²) in [6, 6.07) is 9.40. The molecule has 0 aromatic heterocycles. The van der Waals surface area contributed by atoms with Gasteiger partial charge in [-0.25, -0.2) is 4.39 Å². The molecule has 2 rings (SSSR count). The maximum absolute atomic E-state index is 13.6. The van der Waals surface area contributed by atoms with E-state index in [0.717, 1.165) is 4.47 Å². The molecular weight excluding hydrogens is 347 g/mol. The number of nitrogen functional groups attached to an aromatic ring is 1. The lowest BCUT2D eigenvalue weighted by Crippen LogP contribution is -2.10. The minimum Gasteiger partial charge on any atom is -0.487 e. The number of hydrogen-bond donors (Lipinski definition) is 2. The van der Waals surface area contributed by atoms with Crippen molar-refractivity contribution >= 4 is 33.4 Å². The second-order valence-corrected chi connectivity index (χ2v) is 5.41. The van der Waals surface area contributed by atoms with Gasteiger partial charge in [-0.15, -0.1) is 0 Å². The maximum Gasteiger partial charge on any atom is 0.138 e. The van der Waals surface area contributed by atoms with Crippen LogP contribution in [-0.4, -0.2) is 5.84 Å². The number of halogens is 3. The van der Waals surface area contributed by atoms with E-state index in [0.29, 0.717) is 21.9 Å². The van der Waals surface area contributed by atoms with Crippen molar-refractivity contribution in [2.75, 3.05) is 0 Å². The third-order valence-electron chi connectivity index (χ3n) is 2.63. The molecule has 0 heterocycles. The molecule has 104 valence electrons. The van der Waals surface area contributed by atoms with Crippen molar-refractivity contribution in [1.29, 1.82) is 5.41 Å². The SMILES string of the molecule is N=C(N)c1ccc(OCc2cc(Br)ccc2F)c(Cl)c1. The van der Waals surface area contributed by atoms with Crippen LogP contribution in [0.3, 0.4) is 0 Å². The van der Waals surface area contributed by atoms with Gasteiger partial charge < -0.3 is 10.5 Å². The highest BCUT2D eigenvalue weighted by molar-refractivity contribution is 9.10. The number of nitrogens with two attached hydrogens (primary N) is 1. The standard InChI is InChI=1S/C14H11BrClFN2O/c15-10-2-3-12(17)9(5-10)7-20-13-4-1-8(14(18)19)6-11(13)16/h1-6H,7H2,(H3,18,19). The van der Waals surface area contributed by atoms with Gasteiger partial charge >= 0.3 is 0 Å². The fourth-order valence-electron chi connectivity index (χ4n) is 1.59. The molecule has 0 amide bonds. The van der Waals surface area contributed by atoms with Crippen LogP contribution in [0.25, 0.3) is 0 Å². The molecule has 2 aromatic rings. The predicted octanol–water partition coefficient (Wildman–Crippen LogP) is 4.10. The van der Waals surface area contributed by atoms with E-state index in [9.17, 15) is 4.39 Å². The highest BCUT2D eigenvalue weighted by Gasteiger charge is 2.08. The molecule has 0 radical (unpaired) electrons. The zero-order valence-electron chi connectivity index (χ0n) is 10.3. The van der Waals surface area contributed by atoms with Crippen molar-refractivity contribution in [3.8, 4) is 5.75 Å². The van der Waals surface area contributed by atoms with Crippen molar-refractivity contribution < 1.29 is 9.13 Å². The number of nitrogens with one attached hydrogen (secondary N) is 1. The Kier molecular flexibility index (Phi) is 4.62. The number of ether oxygens (including phenoxy) is 1. The largest absolute Gasteiger partial charge is 0.487 e. The summed E-state index contributed by atoms with van der Waals surface area (Å²) >= 11 is 9.31. The van der Waals surface area contributed by atoms with Gasteiger partial charge in [-0.3, -0.25) is 5.41 Å². The number of hydrogen-bond acceptors (Lipinski definition) is 2. The van der Waals surface area contributed by atoms with Crippen LogP contribution in [0.2, 0.25) is 5.02 Å². The molecule has 3 N–H and O–H groups in total. The molecule has 0 unspecified atom stereocenters. The van der Waals surface area contributed by atoms with E-state index in [1.165, 1.54) is 12.1 Å². The van der Waals surface area contributed by atoms with E-state index >= 15 is 0 Å². The van der Waals surface area contributed by atoms with Crippen molar-refractivity contribution in [3.05, 3.63) is 62.8 Å². The van der Waals surface area contributed by atoms with Crippen LogP contribution in [0, 0.1) is 11.2 Å². The molecule has 2 aromatic carbocycles. The Labute approximate surface area is 129 Å². The van der Waals surface area contributed by atoms with Gasteiger partial charge in [-0.05, 0) is 36.4 Å². The summed E-state index contributed by atoms with van der Waals surface area (Å²) in [5, 5.41) is 7.64. The summed E-state index contributed by atoms with van der Waals surface area (Å²) in [6.45, 7) is 0.0599. The average Bonchev–Trinajstić information content (AvgIpc) is 2.40. The van der Waals surface area contributed by atoms with Crippen LogP contribution in [-0.2, 0) is 6.61 Å². The highest BCUT2D eigenvalue weighted by atomic mass is 79.9. The molecular formula is C14H11BrClFN2O. The minimum atomic E-state index is -0.343. The molecule has 0 bridgehead atoms. The lowest BCUT2D eigenvalue weighted by Gasteiger charge is -2.10. The van der Waals surface area contributed by atoms with E-state index in [1.54, 1.807) is 24.3 Å². The molecule has 20 heavy (non-hydrogen) atoms. The zero-order valence-corrected chi connectivity index (χ0v) is 12.6. The van der Waals surface area contributed by atoms with Crippen LogP contribution in [0.15, 0.2) is 40.9 Å². The molecule has 0 aliphatic heterocycles. The van der Waals surface area contributed by atoms with Gasteiger partial charge in [0.25, 0.3) is 0 Å². The van der Waals surface area contributed by atoms with Gasteiger partial charge in [0.05, 0.1) is 5.02 Å². The molecule has 0 spiro atoms. The van der Waals surface area contributed by atoms with Gasteiger partial charge in [-0.1, -0.05) is 27.5 Å². The zero-order chi connectivity index (χ0) is 14.7. The Morgan fingerprint density at radius 2 is 2.05 bits per heavy atom. The first-order chi connectivity index (χ1) is 9.47. The summed E-state index contributed by atoms with van der Waals surface area (Å²) in [7, 11) is 0. The van der Waals surface area contributed by atoms with Crippen LogP contribution >= 0.6 is 27.5 Å². The van der Waals surface area contributed by atoms with Gasteiger partial charge in [0.1, 0.15) is 24.0 Å². The van der Waals surface area contributed by atoms with Gasteiger partial charge in [0.2, 0.25) is 0 Å². The second kappa shape index (κ2) is 6.24. The summed E-state index contributed by atoms with van der Waals surface area (Å²) in [6.07, 6.45) is 0. The topological polar surface area (TPSA) is 59.1 Å². The third kappa shape index (κ3) is 3.49. The van der Waals surface area contributed by atoms with Crippen LogP contribution < -0.4 is 10.5 Å². The fourth-order valence-corrected chi connectivity index (χ4v) is 2.24. The normalized spacial score (nSPS) is 10.3. The first-order valence-corrected chi connectivity index (χ1v) is 6.85. The molecule has 0 saturated carbocycles. The average molecular weight is 358 g/mol. The van der Waals surface area contributed by atoms with E-state index < -0.39 is 0 Å². The van der Waals surface area contributed by atoms with Crippen molar-refractivity contribution in [3.63, 3.8) is 0 Å². The van der Waals surface area contributed by atoms with Crippen molar-refractivity contribution in [2.45, 2.75) is 6.61 Å². The van der Waals surface area contributed by atoms with E-state index in [1.807, 2.05) is 0 Å². The van der Waals surface area contributed by atoms with Crippen LogP contribution in [0.5, 0.6) is 5.75 Å². The van der Waals surface area contributed by atoms with Gasteiger partial charge in [-0.2, -0.15) is 0 Å². The monoisotopic (exact) mass is 356 g/mol. The van der Waals surface area contributed by atoms with E-state index in [4.69, 9.17) is 27.5 Å². The summed E-state index contributed by atoms with van der Waals surface area (Å²) < 4.78 is 19.8. The first kappa shape index (κ1) is 14.8. The molecule has 6 heteroatoms. The Morgan fingerprint density at radius 1 is 1.30 bits per heavy atom. The van der Waals surface area contributed by atoms with Crippen molar-refractivity contribution in [1.82, 2.24) is 0 Å². The Balaban J connectivity index is 2.15. The van der Waals surface area contributed by atoms with Crippen LogP contribution in [0.4, 0.5) is 4.39 Å². The summed E-state index contributed by atoms with van der Waals surface area (Å²) in [4.78, 5) is 0. The summed E-state index contributed by atoms with van der Waals surface area (Å²) in [5.41, 5.74) is 6.30. The summed E-state index contributed by atoms with van der Waals surface area (Å²) in [5.74, 6) is -0.00259. The quantitative estimate of drug-likeness (QED) is 0.639. The minimum absolute atomic E-state index is 0.0599. The molecule has 0 atom stereocenters. The molecule has 0 aliphatic rings. The molecule has 0 saturated heterocycles. The van der Waals surface area contributed by atoms with E-state index in [-0.39, 0.29) is 18.3 Å². The molecule has 0 aliphatic carbocycles. The Bertz CT molecular complexity index is 664. The Hall–Kier alpha value is -1.59. The van der Waals surface area contributed by atoms with E-state index in [2.05, 4.69) is 15.9 Å².